The highest BCUT2D eigenvalue weighted by Gasteiger charge is 2.51. The zero-order valence-electron chi connectivity index (χ0n) is 11.2. The first kappa shape index (κ1) is 12.7. The number of likely N-dealkylation sites (tertiary alicyclic amines) is 1. The van der Waals surface area contributed by atoms with Crippen molar-refractivity contribution in [2.75, 3.05) is 13.1 Å². The van der Waals surface area contributed by atoms with Crippen LogP contribution in [-0.2, 0) is 9.59 Å². The summed E-state index contributed by atoms with van der Waals surface area (Å²) in [6, 6.07) is 0. The number of piperidine rings is 1. The van der Waals surface area contributed by atoms with Gasteiger partial charge in [-0.3, -0.25) is 9.59 Å². The average molecular weight is 263 g/mol. The number of nitrogens with zero attached hydrogens (tertiary/aromatic N) is 1. The number of carbonyl (C=O) groups is 2. The van der Waals surface area contributed by atoms with Crippen molar-refractivity contribution < 1.29 is 14.7 Å². The van der Waals surface area contributed by atoms with E-state index in [1.165, 1.54) is 12.8 Å². The van der Waals surface area contributed by atoms with Crippen LogP contribution in [-0.4, -0.2) is 35.0 Å². The highest BCUT2D eigenvalue weighted by atomic mass is 16.4. The maximum atomic E-state index is 12.3. The molecule has 1 N–H and O–H groups in total. The second-order valence-corrected chi connectivity index (χ2v) is 6.36. The van der Waals surface area contributed by atoms with E-state index in [0.717, 1.165) is 32.4 Å². The van der Waals surface area contributed by atoms with Crippen molar-refractivity contribution in [1.29, 1.82) is 0 Å². The summed E-state index contributed by atoms with van der Waals surface area (Å²) in [6.45, 7) is 1.64. The lowest BCUT2D eigenvalue weighted by Crippen LogP contribution is -2.47. The second kappa shape index (κ2) is 4.66. The van der Waals surface area contributed by atoms with E-state index < -0.39 is 11.9 Å². The van der Waals surface area contributed by atoms with E-state index in [1.807, 2.05) is 4.90 Å². The molecule has 2 fully saturated rings. The van der Waals surface area contributed by atoms with Crippen molar-refractivity contribution in [3.05, 3.63) is 12.2 Å². The molecule has 1 saturated heterocycles. The summed E-state index contributed by atoms with van der Waals surface area (Å²) >= 11 is 0. The molecule has 4 heteroatoms. The maximum Gasteiger partial charge on any atom is 0.307 e. The Kier molecular flexibility index (Phi) is 3.11. The second-order valence-electron chi connectivity index (χ2n) is 6.36. The summed E-state index contributed by atoms with van der Waals surface area (Å²) in [6.07, 6.45) is 10.6. The van der Waals surface area contributed by atoms with Crippen LogP contribution in [0.1, 0.15) is 38.5 Å². The van der Waals surface area contributed by atoms with Gasteiger partial charge in [0.2, 0.25) is 5.91 Å². The summed E-state index contributed by atoms with van der Waals surface area (Å²) in [7, 11) is 0. The lowest BCUT2D eigenvalue weighted by atomic mass is 9.71. The first-order valence-corrected chi connectivity index (χ1v) is 7.28. The van der Waals surface area contributed by atoms with E-state index in [-0.39, 0.29) is 17.2 Å². The molecule has 0 unspecified atom stereocenters. The van der Waals surface area contributed by atoms with Gasteiger partial charge in [-0.15, -0.1) is 0 Å². The molecular weight excluding hydrogens is 242 g/mol. The largest absolute Gasteiger partial charge is 0.481 e. The molecule has 0 radical (unpaired) electrons. The van der Waals surface area contributed by atoms with E-state index in [4.69, 9.17) is 5.11 Å². The summed E-state index contributed by atoms with van der Waals surface area (Å²) in [5, 5.41) is 8.93. The summed E-state index contributed by atoms with van der Waals surface area (Å²) < 4.78 is 0. The minimum absolute atomic E-state index is 0.0843. The Morgan fingerprint density at radius 2 is 2.05 bits per heavy atom. The predicted octanol–water partition coefficient (Wildman–Crippen LogP) is 2.06. The van der Waals surface area contributed by atoms with Crippen LogP contribution >= 0.6 is 0 Å². The van der Waals surface area contributed by atoms with E-state index in [1.54, 1.807) is 0 Å². The molecule has 0 aromatic rings. The number of hydrogen-bond acceptors (Lipinski definition) is 2. The number of rotatable bonds is 2. The van der Waals surface area contributed by atoms with Crippen LogP contribution in [0.2, 0.25) is 0 Å². The van der Waals surface area contributed by atoms with Gasteiger partial charge in [-0.05, 0) is 43.9 Å². The summed E-state index contributed by atoms with van der Waals surface area (Å²) in [4.78, 5) is 25.2. The standard InChI is InChI=1S/C15H21NO3/c17-13(11-9-12(11)14(18)19)16-8-4-7-15(10-16)5-2-1-3-6-15/h1-2,11-12H,3-10H2,(H,18,19)/t11-,12-,15-/m1/s1. The van der Waals surface area contributed by atoms with Crippen LogP contribution in [0.3, 0.4) is 0 Å². The van der Waals surface area contributed by atoms with E-state index in [9.17, 15) is 9.59 Å². The molecule has 3 atom stereocenters. The molecule has 1 heterocycles. The molecule has 0 aromatic heterocycles. The van der Waals surface area contributed by atoms with Gasteiger partial charge in [-0.2, -0.15) is 0 Å². The van der Waals surface area contributed by atoms with Gasteiger partial charge in [-0.1, -0.05) is 12.2 Å². The van der Waals surface area contributed by atoms with Gasteiger partial charge in [0.15, 0.2) is 0 Å². The van der Waals surface area contributed by atoms with Crippen molar-refractivity contribution in [2.24, 2.45) is 17.3 Å². The molecule has 1 saturated carbocycles. The van der Waals surface area contributed by atoms with Gasteiger partial charge in [0.1, 0.15) is 0 Å². The van der Waals surface area contributed by atoms with Crippen LogP contribution in [0.25, 0.3) is 0 Å². The van der Waals surface area contributed by atoms with Gasteiger partial charge in [0.25, 0.3) is 0 Å². The monoisotopic (exact) mass is 263 g/mol. The molecule has 1 aliphatic heterocycles. The highest BCUT2D eigenvalue weighted by molar-refractivity contribution is 5.89. The van der Waals surface area contributed by atoms with Crippen molar-refractivity contribution in [3.63, 3.8) is 0 Å². The van der Waals surface area contributed by atoms with Gasteiger partial charge in [-0.25, -0.2) is 0 Å². The smallest absolute Gasteiger partial charge is 0.307 e. The number of carbonyl (C=O) groups excluding carboxylic acids is 1. The Labute approximate surface area is 113 Å². The quantitative estimate of drug-likeness (QED) is 0.776. The maximum absolute atomic E-state index is 12.3. The molecule has 104 valence electrons. The van der Waals surface area contributed by atoms with Crippen LogP contribution in [0.5, 0.6) is 0 Å². The molecule has 3 rings (SSSR count). The molecule has 1 amide bonds. The van der Waals surface area contributed by atoms with Crippen molar-refractivity contribution in [3.8, 4) is 0 Å². The van der Waals surface area contributed by atoms with Gasteiger partial charge < -0.3 is 10.0 Å². The van der Waals surface area contributed by atoms with Crippen LogP contribution < -0.4 is 0 Å². The number of carboxylic acids is 1. The molecule has 3 aliphatic rings. The minimum atomic E-state index is -0.814. The Bertz CT molecular complexity index is 431. The molecule has 0 aromatic carbocycles. The van der Waals surface area contributed by atoms with Crippen molar-refractivity contribution in [2.45, 2.75) is 38.5 Å². The fourth-order valence-corrected chi connectivity index (χ4v) is 3.68. The fourth-order valence-electron chi connectivity index (χ4n) is 3.68. The highest BCUT2D eigenvalue weighted by Crippen LogP contribution is 2.44. The van der Waals surface area contributed by atoms with Gasteiger partial charge in [0, 0.05) is 13.1 Å². The number of carboxylic acid groups (broad SMARTS) is 1. The molecular formula is C15H21NO3. The number of amides is 1. The lowest BCUT2D eigenvalue weighted by molar-refractivity contribution is -0.143. The average Bonchev–Trinajstić information content (AvgIpc) is 3.19. The third-order valence-electron chi connectivity index (χ3n) is 4.96. The van der Waals surface area contributed by atoms with Crippen molar-refractivity contribution in [1.82, 2.24) is 4.90 Å². The number of hydrogen-bond donors (Lipinski definition) is 1. The number of allylic oxidation sites excluding steroid dienone is 2. The Balaban J connectivity index is 1.64. The van der Waals surface area contributed by atoms with Crippen LogP contribution in [0.15, 0.2) is 12.2 Å². The molecule has 2 aliphatic carbocycles. The Morgan fingerprint density at radius 1 is 1.21 bits per heavy atom. The van der Waals surface area contributed by atoms with Crippen LogP contribution in [0, 0.1) is 17.3 Å². The first-order valence-electron chi connectivity index (χ1n) is 7.28. The van der Waals surface area contributed by atoms with E-state index >= 15 is 0 Å². The minimum Gasteiger partial charge on any atom is -0.481 e. The van der Waals surface area contributed by atoms with Gasteiger partial charge >= 0.3 is 5.97 Å². The summed E-state index contributed by atoms with van der Waals surface area (Å²) in [5.41, 5.74) is 0.274. The zero-order valence-corrected chi connectivity index (χ0v) is 11.2. The Hall–Kier alpha value is -1.32. The SMILES string of the molecule is O=C(O)[C@@H]1C[C@H]1C(=O)N1CCC[C@]2(CC=CCC2)C1. The number of aliphatic carboxylic acids is 1. The molecule has 4 nitrogen and oxygen atoms in total. The molecule has 0 bridgehead atoms. The molecule has 1 spiro atoms. The third kappa shape index (κ3) is 2.40. The topological polar surface area (TPSA) is 57.6 Å². The van der Waals surface area contributed by atoms with Crippen LogP contribution in [0.4, 0.5) is 0 Å². The summed E-state index contributed by atoms with van der Waals surface area (Å²) in [5.74, 6) is -1.39. The normalized spacial score (nSPS) is 37.4. The third-order valence-corrected chi connectivity index (χ3v) is 4.96. The van der Waals surface area contributed by atoms with Crippen molar-refractivity contribution >= 4 is 11.9 Å². The fraction of sp³-hybridized carbons (Fsp3) is 0.733. The Morgan fingerprint density at radius 3 is 2.68 bits per heavy atom. The first-order chi connectivity index (χ1) is 9.11. The van der Waals surface area contributed by atoms with E-state index in [2.05, 4.69) is 12.2 Å². The zero-order chi connectivity index (χ0) is 13.5. The lowest BCUT2D eigenvalue weighted by Gasteiger charge is -2.44. The predicted molar refractivity (Wildman–Crippen MR) is 70.5 cm³/mol. The molecule has 19 heavy (non-hydrogen) atoms. The van der Waals surface area contributed by atoms with E-state index in [0.29, 0.717) is 6.42 Å². The van der Waals surface area contributed by atoms with Gasteiger partial charge in [0.05, 0.1) is 11.8 Å².